The second kappa shape index (κ2) is 55.3. The summed E-state index contributed by atoms with van der Waals surface area (Å²) in [6, 6.07) is -1.06. The van der Waals surface area contributed by atoms with Crippen LogP contribution in [0.2, 0.25) is 0 Å². The third kappa shape index (κ3) is 42.6. The van der Waals surface area contributed by atoms with Gasteiger partial charge in [-0.25, -0.2) is 0 Å². The van der Waals surface area contributed by atoms with Gasteiger partial charge in [0.2, 0.25) is 5.91 Å². The summed E-state index contributed by atoms with van der Waals surface area (Å²) < 4.78 is 17.6. The predicted octanol–water partition coefficient (Wildman–Crippen LogP) is 15.2. The maximum atomic E-state index is 13.4. The van der Waals surface area contributed by atoms with Gasteiger partial charge in [0.25, 0.3) is 0 Å². The number of esters is 1. The fourth-order valence-electron chi connectivity index (χ4n) is 8.82. The van der Waals surface area contributed by atoms with E-state index in [1.54, 1.807) is 6.08 Å². The summed E-state index contributed by atoms with van der Waals surface area (Å²) in [6.07, 6.45) is 67.7. The standard InChI is InChI=1S/C69H113NO10/c1-4-7-10-13-16-19-22-25-27-29-31-33-34-36-38-41-44-47-50-53-56-62(73)68(77)70-60(61(72)55-52-49-46-43-40-24-21-18-15-12-9-6-3)59-78-69-67(66(76)65(75)63(58-71)79-69)80-64(74)57-54-51-48-45-42-39-37-35-32-30-28-26-23-20-17-14-11-8-5-2/h7,10,16-17,19-20,25-28,31-33,35-36,38-39,42,44,47,52,55,60-63,65-67,69,71-73,75-76H,4-6,8-9,11-15,18,21-24,29-30,34,37,40-41,43,45-46,48-51,53-54,56-59H2,1-3H3,(H,70,77)/b10-7-,19-16-,20-17-,27-25-,28-26-,33-31-,35-32-,38-36-,42-39-,47-44-,55-52+. The number of carbonyl (C=O) groups is 2. The molecule has 1 aliphatic rings. The van der Waals surface area contributed by atoms with Gasteiger partial charge in [-0.15, -0.1) is 0 Å². The van der Waals surface area contributed by atoms with Crippen molar-refractivity contribution in [3.8, 4) is 0 Å². The van der Waals surface area contributed by atoms with Crippen molar-refractivity contribution in [3.63, 3.8) is 0 Å². The average molecular weight is 1120 g/mol. The van der Waals surface area contributed by atoms with Crippen LogP contribution in [0.3, 0.4) is 0 Å². The van der Waals surface area contributed by atoms with E-state index in [2.05, 4.69) is 142 Å². The van der Waals surface area contributed by atoms with E-state index in [1.165, 1.54) is 64.2 Å². The summed E-state index contributed by atoms with van der Waals surface area (Å²) in [5, 5.41) is 56.9. The molecule has 1 amide bonds. The summed E-state index contributed by atoms with van der Waals surface area (Å²) in [5.74, 6) is -1.28. The number of allylic oxidation sites excluding steroid dienone is 21. The smallest absolute Gasteiger partial charge is 0.306 e. The predicted molar refractivity (Wildman–Crippen MR) is 333 cm³/mol. The molecule has 0 saturated carbocycles. The van der Waals surface area contributed by atoms with E-state index in [9.17, 15) is 35.1 Å². The number of hydrogen-bond donors (Lipinski definition) is 6. The van der Waals surface area contributed by atoms with Gasteiger partial charge in [0, 0.05) is 6.42 Å². The van der Waals surface area contributed by atoms with Gasteiger partial charge in [0.05, 0.1) is 25.4 Å². The van der Waals surface area contributed by atoms with Crippen molar-refractivity contribution in [2.24, 2.45) is 0 Å². The molecule has 1 heterocycles. The minimum Gasteiger partial charge on any atom is -0.454 e. The Bertz CT molecular complexity index is 1810. The summed E-state index contributed by atoms with van der Waals surface area (Å²) in [7, 11) is 0. The Morgan fingerprint density at radius 1 is 0.500 bits per heavy atom. The highest BCUT2D eigenvalue weighted by atomic mass is 16.7. The molecule has 0 aliphatic carbocycles. The molecule has 11 heteroatoms. The monoisotopic (exact) mass is 1120 g/mol. The van der Waals surface area contributed by atoms with Crippen LogP contribution in [0, 0.1) is 0 Å². The molecule has 1 rings (SSSR count). The van der Waals surface area contributed by atoms with E-state index in [4.69, 9.17) is 14.2 Å². The molecule has 8 unspecified atom stereocenters. The van der Waals surface area contributed by atoms with Crippen LogP contribution in [-0.2, 0) is 23.8 Å². The molecule has 0 aromatic carbocycles. The molecular formula is C69H113NO10. The van der Waals surface area contributed by atoms with Crippen LogP contribution < -0.4 is 5.32 Å². The molecule has 6 N–H and O–H groups in total. The lowest BCUT2D eigenvalue weighted by Gasteiger charge is -2.41. The topological polar surface area (TPSA) is 175 Å². The lowest BCUT2D eigenvalue weighted by atomic mass is 9.99. The van der Waals surface area contributed by atoms with E-state index in [0.29, 0.717) is 19.3 Å². The number of aliphatic hydroxyl groups excluding tert-OH is 5. The lowest BCUT2D eigenvalue weighted by Crippen LogP contribution is -2.61. The molecule has 11 nitrogen and oxygen atoms in total. The number of nitrogens with one attached hydrogen (secondary N) is 1. The van der Waals surface area contributed by atoms with Crippen molar-refractivity contribution in [1.29, 1.82) is 0 Å². The first-order valence-electron chi connectivity index (χ1n) is 31.5. The van der Waals surface area contributed by atoms with Gasteiger partial charge < -0.3 is 45.1 Å². The van der Waals surface area contributed by atoms with Crippen molar-refractivity contribution >= 4 is 11.9 Å². The third-order valence-electron chi connectivity index (χ3n) is 13.8. The first-order chi connectivity index (χ1) is 39.2. The maximum Gasteiger partial charge on any atom is 0.306 e. The van der Waals surface area contributed by atoms with Crippen LogP contribution in [0.25, 0.3) is 0 Å². The highest BCUT2D eigenvalue weighted by molar-refractivity contribution is 5.80. The zero-order valence-corrected chi connectivity index (χ0v) is 50.1. The molecule has 0 bridgehead atoms. The minimum absolute atomic E-state index is 0.0727. The number of rotatable bonds is 51. The van der Waals surface area contributed by atoms with Gasteiger partial charge in [-0.3, -0.25) is 9.59 Å². The zero-order valence-electron chi connectivity index (χ0n) is 50.1. The van der Waals surface area contributed by atoms with Crippen molar-refractivity contribution in [1.82, 2.24) is 5.32 Å². The second-order valence-corrected chi connectivity index (χ2v) is 21.0. The van der Waals surface area contributed by atoms with Gasteiger partial charge in [-0.05, 0) is 122 Å². The van der Waals surface area contributed by atoms with Gasteiger partial charge in [0.15, 0.2) is 12.4 Å². The Morgan fingerprint density at radius 2 is 0.900 bits per heavy atom. The van der Waals surface area contributed by atoms with Crippen LogP contribution in [0.5, 0.6) is 0 Å². The summed E-state index contributed by atoms with van der Waals surface area (Å²) in [5.41, 5.74) is 0. The molecule has 0 radical (unpaired) electrons. The van der Waals surface area contributed by atoms with Gasteiger partial charge in [0.1, 0.15) is 24.4 Å². The third-order valence-corrected chi connectivity index (χ3v) is 13.8. The van der Waals surface area contributed by atoms with Crippen molar-refractivity contribution in [3.05, 3.63) is 134 Å². The Balaban J connectivity index is 2.75. The Labute approximate surface area is 486 Å². The average Bonchev–Trinajstić information content (AvgIpc) is 3.45. The van der Waals surface area contributed by atoms with Crippen LogP contribution in [0.4, 0.5) is 0 Å². The zero-order chi connectivity index (χ0) is 58.2. The molecule has 0 aromatic heterocycles. The Morgan fingerprint density at radius 3 is 1.38 bits per heavy atom. The van der Waals surface area contributed by atoms with Crippen LogP contribution in [-0.4, -0.2) is 99.6 Å². The van der Waals surface area contributed by atoms with E-state index >= 15 is 0 Å². The Hall–Kier alpha value is -4.20. The summed E-state index contributed by atoms with van der Waals surface area (Å²) >= 11 is 0. The SMILES string of the molecule is CC/C=C\C/C=C\C/C=C\C/C=C\C/C=C\C/C=C\CCCC(O)C(=O)NC(COC1OC(CO)C(O)C(O)C1OC(=O)CCCCC/C=C\C/C=C\C/C=C\C/C=C\CCCCC)C(O)/C=C/CCCCCCCCCCCC. The molecule has 80 heavy (non-hydrogen) atoms. The quantitative estimate of drug-likeness (QED) is 0.0195. The van der Waals surface area contributed by atoms with E-state index in [0.717, 1.165) is 109 Å². The number of ether oxygens (including phenoxy) is 3. The van der Waals surface area contributed by atoms with Crippen molar-refractivity contribution in [2.45, 2.75) is 275 Å². The largest absolute Gasteiger partial charge is 0.454 e. The van der Waals surface area contributed by atoms with Gasteiger partial charge in [-0.1, -0.05) is 231 Å². The van der Waals surface area contributed by atoms with Crippen LogP contribution >= 0.6 is 0 Å². The number of aliphatic hydroxyl groups is 5. The van der Waals surface area contributed by atoms with Crippen molar-refractivity contribution in [2.75, 3.05) is 13.2 Å². The number of unbranched alkanes of at least 4 members (excludes halogenated alkanes) is 17. The van der Waals surface area contributed by atoms with E-state index < -0.39 is 67.4 Å². The number of hydrogen-bond acceptors (Lipinski definition) is 10. The molecule has 1 saturated heterocycles. The molecule has 1 fully saturated rings. The normalized spacial score (nSPS) is 19.7. The fraction of sp³-hybridized carbons (Fsp3) is 0.652. The molecule has 454 valence electrons. The highest BCUT2D eigenvalue weighted by Crippen LogP contribution is 2.26. The molecule has 8 atom stereocenters. The molecule has 1 aliphatic heterocycles. The Kier molecular flexibility index (Phi) is 51.1. The van der Waals surface area contributed by atoms with Crippen molar-refractivity contribution < 1.29 is 49.3 Å². The van der Waals surface area contributed by atoms with Gasteiger partial charge in [-0.2, -0.15) is 0 Å². The number of amides is 1. The summed E-state index contributed by atoms with van der Waals surface area (Å²) in [6.45, 7) is 5.58. The first kappa shape index (κ1) is 73.8. The first-order valence-corrected chi connectivity index (χ1v) is 31.5. The fourth-order valence-corrected chi connectivity index (χ4v) is 8.82. The second-order valence-electron chi connectivity index (χ2n) is 21.0. The van der Waals surface area contributed by atoms with Crippen LogP contribution in [0.15, 0.2) is 134 Å². The molecule has 0 aromatic rings. The van der Waals surface area contributed by atoms with E-state index in [-0.39, 0.29) is 19.4 Å². The number of carbonyl (C=O) groups excluding carboxylic acids is 2. The lowest BCUT2D eigenvalue weighted by molar-refractivity contribution is -0.305. The maximum absolute atomic E-state index is 13.4. The summed E-state index contributed by atoms with van der Waals surface area (Å²) in [4.78, 5) is 26.5. The highest BCUT2D eigenvalue weighted by Gasteiger charge is 2.47. The minimum atomic E-state index is -1.64. The van der Waals surface area contributed by atoms with Gasteiger partial charge >= 0.3 is 5.97 Å². The molecular weight excluding hydrogens is 1000 g/mol. The van der Waals surface area contributed by atoms with E-state index in [1.807, 2.05) is 12.2 Å². The molecule has 0 spiro atoms. The van der Waals surface area contributed by atoms with Crippen LogP contribution in [0.1, 0.15) is 226 Å².